The number of esters is 1. The molecule has 7 nitrogen and oxygen atoms in total. The van der Waals surface area contributed by atoms with Gasteiger partial charge < -0.3 is 20.1 Å². The Hall–Kier alpha value is -3.36. The van der Waals surface area contributed by atoms with Crippen molar-refractivity contribution in [3.63, 3.8) is 0 Å². The predicted octanol–water partition coefficient (Wildman–Crippen LogP) is 5.07. The lowest BCUT2D eigenvalue weighted by atomic mass is 10.1. The van der Waals surface area contributed by atoms with Crippen LogP contribution in [0.4, 0.5) is 10.7 Å². The summed E-state index contributed by atoms with van der Waals surface area (Å²) in [6.07, 6.45) is 0. The first-order valence-corrected chi connectivity index (χ1v) is 10.8. The number of rotatable bonds is 7. The first kappa shape index (κ1) is 23.3. The van der Waals surface area contributed by atoms with Crippen molar-refractivity contribution in [2.75, 3.05) is 24.4 Å². The molecule has 2 aromatic carbocycles. The maximum absolute atomic E-state index is 12.8. The summed E-state index contributed by atoms with van der Waals surface area (Å²) in [5.74, 6) is -0.978. The van der Waals surface area contributed by atoms with Gasteiger partial charge in [-0.15, -0.1) is 11.3 Å². The zero-order valence-corrected chi connectivity index (χ0v) is 19.2. The summed E-state index contributed by atoms with van der Waals surface area (Å²) in [6, 6.07) is 14.0. The Labute approximate surface area is 194 Å². The van der Waals surface area contributed by atoms with Crippen LogP contribution in [0.2, 0.25) is 5.02 Å². The number of para-hydroxylation sites is 1. The number of amides is 2. The van der Waals surface area contributed by atoms with Gasteiger partial charge in [-0.25, -0.2) is 4.79 Å². The van der Waals surface area contributed by atoms with Crippen LogP contribution in [0.15, 0.2) is 48.5 Å². The number of carbonyl (C=O) groups is 3. The molecule has 0 saturated heterocycles. The molecule has 3 aromatic rings. The third-order valence-electron chi connectivity index (χ3n) is 4.53. The van der Waals surface area contributed by atoms with Crippen molar-refractivity contribution in [3.8, 4) is 5.75 Å². The minimum Gasteiger partial charge on any atom is -0.483 e. The maximum atomic E-state index is 12.8. The van der Waals surface area contributed by atoms with Gasteiger partial charge in [0.1, 0.15) is 10.8 Å². The van der Waals surface area contributed by atoms with E-state index < -0.39 is 17.8 Å². The Morgan fingerprint density at radius 3 is 2.47 bits per heavy atom. The van der Waals surface area contributed by atoms with Crippen molar-refractivity contribution in [2.45, 2.75) is 13.8 Å². The summed E-state index contributed by atoms with van der Waals surface area (Å²) in [5.41, 5.74) is 1.92. The second kappa shape index (κ2) is 10.3. The van der Waals surface area contributed by atoms with E-state index in [1.807, 2.05) is 25.1 Å². The molecule has 0 unspecified atom stereocenters. The van der Waals surface area contributed by atoms with Gasteiger partial charge in [0.25, 0.3) is 11.8 Å². The largest absolute Gasteiger partial charge is 0.483 e. The zero-order chi connectivity index (χ0) is 23.3. The molecule has 1 heterocycles. The molecular formula is C23H21ClN2O5S. The number of benzene rings is 2. The second-order valence-corrected chi connectivity index (χ2v) is 8.28. The van der Waals surface area contributed by atoms with E-state index >= 15 is 0 Å². The quantitative estimate of drug-likeness (QED) is 0.468. The minimum absolute atomic E-state index is 0.123. The van der Waals surface area contributed by atoms with E-state index in [0.717, 1.165) is 16.9 Å². The van der Waals surface area contributed by atoms with Gasteiger partial charge in [0.2, 0.25) is 0 Å². The van der Waals surface area contributed by atoms with E-state index in [2.05, 4.69) is 10.6 Å². The Kier molecular flexibility index (Phi) is 7.50. The number of nitrogens with one attached hydrogen (secondary N) is 2. The van der Waals surface area contributed by atoms with E-state index in [9.17, 15) is 14.4 Å². The van der Waals surface area contributed by atoms with Crippen molar-refractivity contribution in [1.82, 2.24) is 0 Å². The normalized spacial score (nSPS) is 10.4. The second-order valence-electron chi connectivity index (χ2n) is 6.82. The molecule has 0 aliphatic rings. The third kappa shape index (κ3) is 5.46. The van der Waals surface area contributed by atoms with Crippen LogP contribution in [0.3, 0.4) is 0 Å². The number of anilines is 2. The molecule has 0 aliphatic heterocycles. The third-order valence-corrected chi connectivity index (χ3v) is 5.97. The van der Waals surface area contributed by atoms with E-state index in [0.29, 0.717) is 22.0 Å². The monoisotopic (exact) mass is 472 g/mol. The van der Waals surface area contributed by atoms with Crippen LogP contribution in [0, 0.1) is 13.8 Å². The molecule has 1 aromatic heterocycles. The molecule has 0 spiro atoms. The molecule has 2 amide bonds. The average molecular weight is 473 g/mol. The summed E-state index contributed by atoms with van der Waals surface area (Å²) < 4.78 is 10.4. The average Bonchev–Trinajstić information content (AvgIpc) is 3.08. The first-order valence-electron chi connectivity index (χ1n) is 9.57. The van der Waals surface area contributed by atoms with E-state index in [4.69, 9.17) is 21.1 Å². The molecule has 0 bridgehead atoms. The van der Waals surface area contributed by atoms with Gasteiger partial charge in [0.05, 0.1) is 17.6 Å². The lowest BCUT2D eigenvalue weighted by molar-refractivity contribution is -0.118. The molecule has 0 saturated carbocycles. The Balaban J connectivity index is 1.80. The molecule has 166 valence electrons. The summed E-state index contributed by atoms with van der Waals surface area (Å²) in [7, 11) is 1.23. The van der Waals surface area contributed by atoms with Crippen LogP contribution in [0.1, 0.15) is 31.2 Å². The fraction of sp³-hybridized carbons (Fsp3) is 0.174. The van der Waals surface area contributed by atoms with Crippen LogP contribution in [0.25, 0.3) is 0 Å². The van der Waals surface area contributed by atoms with Gasteiger partial charge >= 0.3 is 5.97 Å². The van der Waals surface area contributed by atoms with Gasteiger partial charge in [0.15, 0.2) is 6.61 Å². The van der Waals surface area contributed by atoms with E-state index in [1.165, 1.54) is 7.11 Å². The number of thiophene rings is 1. The molecule has 9 heteroatoms. The summed E-state index contributed by atoms with van der Waals surface area (Å²) >= 11 is 6.95. The number of halogens is 1. The lowest BCUT2D eigenvalue weighted by Gasteiger charge is -2.09. The number of methoxy groups -OCH3 is 1. The zero-order valence-electron chi connectivity index (χ0n) is 17.7. The van der Waals surface area contributed by atoms with Crippen LogP contribution >= 0.6 is 22.9 Å². The number of hydrogen-bond acceptors (Lipinski definition) is 6. The molecule has 32 heavy (non-hydrogen) atoms. The summed E-state index contributed by atoms with van der Waals surface area (Å²) in [6.45, 7) is 3.23. The molecule has 0 radical (unpaired) electrons. The van der Waals surface area contributed by atoms with Gasteiger partial charge in [0, 0.05) is 10.7 Å². The molecule has 0 aliphatic carbocycles. The van der Waals surface area contributed by atoms with E-state index in [-0.39, 0.29) is 22.0 Å². The van der Waals surface area contributed by atoms with Gasteiger partial charge in [-0.05, 0) is 49.2 Å². The van der Waals surface area contributed by atoms with E-state index in [1.54, 1.807) is 37.3 Å². The summed E-state index contributed by atoms with van der Waals surface area (Å²) in [4.78, 5) is 37.9. The fourth-order valence-electron chi connectivity index (χ4n) is 2.94. The van der Waals surface area contributed by atoms with Crippen molar-refractivity contribution in [1.29, 1.82) is 0 Å². The standard InChI is InChI=1S/C23H21ClN2O5S/c1-13-7-4-5-10-17(13)31-12-18(27)26-22-19(23(29)30-3)14(2)20(32-22)21(28)25-16-9-6-8-15(24)11-16/h4-11H,12H2,1-3H3,(H,25,28)(H,26,27). The molecular weight excluding hydrogens is 452 g/mol. The molecule has 2 N–H and O–H groups in total. The first-order chi connectivity index (χ1) is 15.3. The van der Waals surface area contributed by atoms with Gasteiger partial charge in [-0.1, -0.05) is 35.9 Å². The highest BCUT2D eigenvalue weighted by Crippen LogP contribution is 2.34. The summed E-state index contributed by atoms with van der Waals surface area (Å²) in [5, 5.41) is 6.08. The molecule has 3 rings (SSSR count). The van der Waals surface area contributed by atoms with Crippen LogP contribution < -0.4 is 15.4 Å². The van der Waals surface area contributed by atoms with Crippen LogP contribution in [-0.4, -0.2) is 31.5 Å². The highest BCUT2D eigenvalue weighted by Gasteiger charge is 2.26. The Morgan fingerprint density at radius 2 is 1.78 bits per heavy atom. The van der Waals surface area contributed by atoms with Crippen LogP contribution in [0.5, 0.6) is 5.75 Å². The smallest absolute Gasteiger partial charge is 0.341 e. The predicted molar refractivity (Wildman–Crippen MR) is 125 cm³/mol. The minimum atomic E-state index is -0.657. The Bertz CT molecular complexity index is 1170. The number of aryl methyl sites for hydroxylation is 1. The molecule has 0 fully saturated rings. The van der Waals surface area contributed by atoms with Crippen molar-refractivity contribution >= 4 is 51.4 Å². The molecule has 0 atom stereocenters. The Morgan fingerprint density at radius 1 is 1.03 bits per heavy atom. The van der Waals surface area contributed by atoms with Crippen molar-refractivity contribution < 1.29 is 23.9 Å². The number of carbonyl (C=O) groups excluding carboxylic acids is 3. The van der Waals surface area contributed by atoms with Gasteiger partial charge in [-0.3, -0.25) is 9.59 Å². The van der Waals surface area contributed by atoms with Crippen LogP contribution in [-0.2, 0) is 9.53 Å². The maximum Gasteiger partial charge on any atom is 0.341 e. The lowest BCUT2D eigenvalue weighted by Crippen LogP contribution is -2.21. The highest BCUT2D eigenvalue weighted by molar-refractivity contribution is 7.19. The number of ether oxygens (including phenoxy) is 2. The SMILES string of the molecule is COC(=O)c1c(NC(=O)COc2ccccc2C)sc(C(=O)Nc2cccc(Cl)c2)c1C. The highest BCUT2D eigenvalue weighted by atomic mass is 35.5. The number of hydrogen-bond donors (Lipinski definition) is 2. The van der Waals surface area contributed by atoms with Gasteiger partial charge in [-0.2, -0.15) is 0 Å². The topological polar surface area (TPSA) is 93.7 Å². The fourth-order valence-corrected chi connectivity index (χ4v) is 4.24. The van der Waals surface area contributed by atoms with Crippen molar-refractivity contribution in [2.24, 2.45) is 0 Å². The van der Waals surface area contributed by atoms with Crippen molar-refractivity contribution in [3.05, 3.63) is 75.1 Å².